The van der Waals surface area contributed by atoms with Crippen molar-refractivity contribution in [1.82, 2.24) is 4.57 Å². The molecule has 1 heterocycles. The number of aromatic nitrogens is 1. The van der Waals surface area contributed by atoms with Crippen LogP contribution in [0.1, 0.15) is 86.7 Å². The fraction of sp³-hybridized carbons (Fsp3) is 0.789. The van der Waals surface area contributed by atoms with Crippen LogP contribution >= 0.6 is 0 Å². The maximum Gasteiger partial charge on any atom is 0.0209 e. The Balaban J connectivity index is 1.96. The molecule has 0 fully saturated rings. The lowest BCUT2D eigenvalue weighted by Crippen LogP contribution is -2.03. The van der Waals surface area contributed by atoms with Crippen LogP contribution in [0.25, 0.3) is 0 Å². The Morgan fingerprint density at radius 1 is 0.500 bits per heavy atom. The van der Waals surface area contributed by atoms with Gasteiger partial charge in [0.05, 0.1) is 0 Å². The minimum atomic E-state index is 1.33. The number of hydrogen-bond acceptors (Lipinski definition) is 0. The average molecular weight is 273 g/mol. The van der Waals surface area contributed by atoms with Crippen molar-refractivity contribution in [3.05, 3.63) is 22.5 Å². The van der Waals surface area contributed by atoms with E-state index in [0.717, 1.165) is 0 Å². The summed E-state index contributed by atoms with van der Waals surface area (Å²) in [7, 11) is 2.35. The summed E-state index contributed by atoms with van der Waals surface area (Å²) in [4.78, 5) is 0. The van der Waals surface area contributed by atoms with Gasteiger partial charge in [0.15, 0.2) is 0 Å². The summed E-state index contributed by atoms with van der Waals surface area (Å²) in [5.41, 5.74) is 6.98. The molecular weight excluding hydrogens is 242 g/mol. The van der Waals surface area contributed by atoms with Crippen LogP contribution in [0.3, 0.4) is 0 Å². The van der Waals surface area contributed by atoms with Crippen LogP contribution < -0.4 is 0 Å². The normalized spacial score (nSPS) is 21.4. The summed E-state index contributed by atoms with van der Waals surface area (Å²) < 4.78 is 2.61. The highest BCUT2D eigenvalue weighted by Crippen LogP contribution is 2.31. The summed E-state index contributed by atoms with van der Waals surface area (Å²) in [5, 5.41) is 0. The van der Waals surface area contributed by atoms with Gasteiger partial charge < -0.3 is 4.57 Å². The minimum absolute atomic E-state index is 1.33. The van der Waals surface area contributed by atoms with Crippen molar-refractivity contribution in [3.8, 4) is 0 Å². The Labute approximate surface area is 124 Å². The first-order chi connectivity index (χ1) is 9.88. The van der Waals surface area contributed by atoms with Crippen LogP contribution in [0.4, 0.5) is 0 Å². The smallest absolute Gasteiger partial charge is 0.0209 e. The first-order valence-electron chi connectivity index (χ1n) is 9.06. The number of fused-ring (bicyclic) bond motifs is 3. The van der Waals surface area contributed by atoms with Gasteiger partial charge in [-0.25, -0.2) is 0 Å². The van der Waals surface area contributed by atoms with Gasteiger partial charge in [-0.3, -0.25) is 0 Å². The molecule has 1 nitrogen and oxygen atoms in total. The molecule has 2 aliphatic rings. The molecule has 0 saturated carbocycles. The molecular formula is C19H31N. The summed E-state index contributed by atoms with van der Waals surface area (Å²) in [5.74, 6) is 0. The first kappa shape index (κ1) is 14.2. The van der Waals surface area contributed by atoms with Crippen molar-refractivity contribution in [2.24, 2.45) is 7.05 Å². The van der Waals surface area contributed by atoms with E-state index >= 15 is 0 Å². The zero-order valence-electron chi connectivity index (χ0n) is 13.3. The Bertz CT molecular complexity index is 402. The molecule has 0 bridgehead atoms. The minimum Gasteiger partial charge on any atom is -0.351 e. The van der Waals surface area contributed by atoms with Gasteiger partial charge >= 0.3 is 0 Å². The topological polar surface area (TPSA) is 4.93 Å². The molecule has 112 valence electrons. The van der Waals surface area contributed by atoms with Gasteiger partial charge in [-0.15, -0.1) is 0 Å². The first-order valence-corrected chi connectivity index (χ1v) is 9.06. The molecule has 0 N–H and O–H groups in total. The average Bonchev–Trinajstić information content (AvgIpc) is 2.81. The van der Waals surface area contributed by atoms with Crippen LogP contribution in [-0.4, -0.2) is 4.57 Å². The van der Waals surface area contributed by atoms with E-state index in [-0.39, 0.29) is 0 Å². The SMILES string of the molecule is Cn1c2c(c3c1CCCCCCC3)CCCCCCC2. The van der Waals surface area contributed by atoms with E-state index in [1.807, 2.05) is 0 Å². The second-order valence-corrected chi connectivity index (χ2v) is 6.95. The lowest BCUT2D eigenvalue weighted by Gasteiger charge is -2.08. The van der Waals surface area contributed by atoms with Crippen molar-refractivity contribution in [3.63, 3.8) is 0 Å². The van der Waals surface area contributed by atoms with Gasteiger partial charge in [0.1, 0.15) is 0 Å². The Hall–Kier alpha value is -0.720. The third-order valence-corrected chi connectivity index (χ3v) is 5.55. The molecule has 1 heteroatoms. The van der Waals surface area contributed by atoms with Crippen molar-refractivity contribution < 1.29 is 0 Å². The van der Waals surface area contributed by atoms with Crippen LogP contribution in [0.5, 0.6) is 0 Å². The van der Waals surface area contributed by atoms with Crippen LogP contribution in [0.2, 0.25) is 0 Å². The molecule has 0 amide bonds. The predicted octanol–water partition coefficient (Wildman–Crippen LogP) is 5.12. The summed E-state index contributed by atoms with van der Waals surface area (Å²) in [6, 6.07) is 0. The Morgan fingerprint density at radius 3 is 1.30 bits per heavy atom. The summed E-state index contributed by atoms with van der Waals surface area (Å²) in [6.07, 6.45) is 19.7. The van der Waals surface area contributed by atoms with Crippen molar-refractivity contribution >= 4 is 0 Å². The summed E-state index contributed by atoms with van der Waals surface area (Å²) >= 11 is 0. The number of nitrogens with zero attached hydrogens (tertiary/aromatic N) is 1. The van der Waals surface area contributed by atoms with E-state index in [1.54, 1.807) is 22.5 Å². The molecule has 0 saturated heterocycles. The maximum atomic E-state index is 2.61. The molecule has 0 atom stereocenters. The molecule has 0 unspecified atom stereocenters. The predicted molar refractivity (Wildman–Crippen MR) is 86.4 cm³/mol. The van der Waals surface area contributed by atoms with Crippen molar-refractivity contribution in [2.45, 2.75) is 89.9 Å². The Kier molecular flexibility index (Phi) is 4.86. The third-order valence-electron chi connectivity index (χ3n) is 5.55. The van der Waals surface area contributed by atoms with Crippen molar-refractivity contribution in [1.29, 1.82) is 0 Å². The quantitative estimate of drug-likeness (QED) is 0.618. The molecule has 0 aromatic carbocycles. The molecule has 20 heavy (non-hydrogen) atoms. The molecule has 0 spiro atoms. The lowest BCUT2D eigenvalue weighted by molar-refractivity contribution is 0.613. The van der Waals surface area contributed by atoms with E-state index in [9.17, 15) is 0 Å². The van der Waals surface area contributed by atoms with Crippen LogP contribution in [-0.2, 0) is 32.7 Å². The highest BCUT2D eigenvalue weighted by Gasteiger charge is 2.21. The van der Waals surface area contributed by atoms with E-state index < -0.39 is 0 Å². The van der Waals surface area contributed by atoms with Gasteiger partial charge in [0.2, 0.25) is 0 Å². The third kappa shape index (κ3) is 2.97. The fourth-order valence-corrected chi connectivity index (χ4v) is 4.39. The summed E-state index contributed by atoms with van der Waals surface area (Å²) in [6.45, 7) is 0. The van der Waals surface area contributed by atoms with Gasteiger partial charge in [-0.05, 0) is 62.5 Å². The molecule has 0 radical (unpaired) electrons. The van der Waals surface area contributed by atoms with Gasteiger partial charge in [0, 0.05) is 18.4 Å². The molecule has 0 aliphatic heterocycles. The van der Waals surface area contributed by atoms with E-state index in [0.29, 0.717) is 0 Å². The van der Waals surface area contributed by atoms with E-state index in [2.05, 4.69) is 11.6 Å². The zero-order valence-corrected chi connectivity index (χ0v) is 13.3. The maximum absolute atomic E-state index is 2.61. The van der Waals surface area contributed by atoms with Gasteiger partial charge in [-0.1, -0.05) is 38.5 Å². The second kappa shape index (κ2) is 6.83. The lowest BCUT2D eigenvalue weighted by atomic mass is 9.97. The Morgan fingerprint density at radius 2 is 0.850 bits per heavy atom. The standard InChI is InChI=1S/C19H31N/c1-20-18-14-10-6-2-4-8-12-16(18)17-13-9-5-3-7-11-15-19(17)20/h2-15H2,1H3. The zero-order chi connectivity index (χ0) is 13.8. The van der Waals surface area contributed by atoms with Crippen molar-refractivity contribution in [2.75, 3.05) is 0 Å². The van der Waals surface area contributed by atoms with Crippen LogP contribution in [0.15, 0.2) is 0 Å². The largest absolute Gasteiger partial charge is 0.351 e. The van der Waals surface area contributed by atoms with Crippen LogP contribution in [0, 0.1) is 0 Å². The number of hydrogen-bond donors (Lipinski definition) is 0. The van der Waals surface area contributed by atoms with Gasteiger partial charge in [-0.2, -0.15) is 0 Å². The fourth-order valence-electron chi connectivity index (χ4n) is 4.39. The highest BCUT2D eigenvalue weighted by molar-refractivity contribution is 5.40. The van der Waals surface area contributed by atoms with Gasteiger partial charge in [0.25, 0.3) is 0 Å². The molecule has 3 rings (SSSR count). The van der Waals surface area contributed by atoms with E-state index in [1.165, 1.54) is 89.9 Å². The molecule has 2 aliphatic carbocycles. The molecule has 1 aromatic rings. The highest BCUT2D eigenvalue weighted by atomic mass is 15.0. The monoisotopic (exact) mass is 273 g/mol. The van der Waals surface area contributed by atoms with E-state index in [4.69, 9.17) is 0 Å². The number of rotatable bonds is 0. The molecule has 1 aromatic heterocycles. The second-order valence-electron chi connectivity index (χ2n) is 6.95.